The number of para-hydroxylation sites is 1. The summed E-state index contributed by atoms with van der Waals surface area (Å²) in [5.74, 6) is 0.481. The Bertz CT molecular complexity index is 712. The monoisotopic (exact) mass is 292 g/mol. The summed E-state index contributed by atoms with van der Waals surface area (Å²) < 4.78 is 0. The lowest BCUT2D eigenvalue weighted by Crippen LogP contribution is -2.40. The third-order valence-electron chi connectivity index (χ3n) is 5.19. The fourth-order valence-corrected chi connectivity index (χ4v) is 3.88. The second-order valence-corrected chi connectivity index (χ2v) is 6.31. The van der Waals surface area contributed by atoms with Gasteiger partial charge in [-0.1, -0.05) is 48.5 Å². The number of rotatable bonds is 3. The van der Waals surface area contributed by atoms with Crippen LogP contribution in [0.25, 0.3) is 0 Å². The highest BCUT2D eigenvalue weighted by atomic mass is 16.2. The lowest BCUT2D eigenvalue weighted by atomic mass is 9.91. The fourth-order valence-electron chi connectivity index (χ4n) is 3.88. The van der Waals surface area contributed by atoms with Crippen LogP contribution in [0.15, 0.2) is 54.6 Å². The number of carbonyl (C=O) groups excluding carboxylic acids is 1. The predicted molar refractivity (Wildman–Crippen MR) is 87.8 cm³/mol. The molecule has 3 nitrogen and oxygen atoms in total. The SMILES string of the molecule is NC[C@@H]1C[C@@]1(C(=O)N1CCc2ccccc21)c1ccccc1. The number of fused-ring (bicyclic) bond motifs is 1. The van der Waals surface area contributed by atoms with E-state index in [0.717, 1.165) is 30.6 Å². The van der Waals surface area contributed by atoms with Crippen molar-refractivity contribution in [2.24, 2.45) is 11.7 Å². The van der Waals surface area contributed by atoms with Crippen LogP contribution in [0.2, 0.25) is 0 Å². The molecule has 0 radical (unpaired) electrons. The Kier molecular flexibility index (Phi) is 3.05. The molecular formula is C19H20N2O. The third-order valence-corrected chi connectivity index (χ3v) is 5.19. The van der Waals surface area contributed by atoms with Crippen LogP contribution < -0.4 is 10.6 Å². The number of amides is 1. The number of hydrogen-bond donors (Lipinski definition) is 1. The first-order valence-corrected chi connectivity index (χ1v) is 7.93. The molecule has 112 valence electrons. The molecule has 0 spiro atoms. The maximum Gasteiger partial charge on any atom is 0.238 e. The molecule has 0 aromatic heterocycles. The van der Waals surface area contributed by atoms with Gasteiger partial charge in [-0.2, -0.15) is 0 Å². The van der Waals surface area contributed by atoms with Gasteiger partial charge in [-0.15, -0.1) is 0 Å². The minimum absolute atomic E-state index is 0.221. The molecule has 0 saturated heterocycles. The molecule has 1 heterocycles. The number of benzene rings is 2. The number of nitrogens with zero attached hydrogens (tertiary/aromatic N) is 1. The molecule has 1 fully saturated rings. The Morgan fingerprint density at radius 3 is 2.59 bits per heavy atom. The number of hydrogen-bond acceptors (Lipinski definition) is 2. The maximum absolute atomic E-state index is 13.3. The van der Waals surface area contributed by atoms with Crippen LogP contribution in [0.3, 0.4) is 0 Å². The topological polar surface area (TPSA) is 46.3 Å². The molecule has 2 atom stereocenters. The molecule has 1 aliphatic heterocycles. The minimum atomic E-state index is -0.409. The van der Waals surface area contributed by atoms with Gasteiger partial charge >= 0.3 is 0 Å². The van der Waals surface area contributed by atoms with Crippen LogP contribution in [0.1, 0.15) is 17.5 Å². The minimum Gasteiger partial charge on any atom is -0.330 e. The summed E-state index contributed by atoms with van der Waals surface area (Å²) in [6.07, 6.45) is 1.81. The summed E-state index contributed by atoms with van der Waals surface area (Å²) in [5.41, 5.74) is 8.95. The second-order valence-electron chi connectivity index (χ2n) is 6.31. The Labute approximate surface area is 130 Å². The quantitative estimate of drug-likeness (QED) is 0.944. The second kappa shape index (κ2) is 4.96. The van der Waals surface area contributed by atoms with Crippen LogP contribution >= 0.6 is 0 Å². The molecule has 0 unspecified atom stereocenters. The van der Waals surface area contributed by atoms with Crippen LogP contribution in [-0.2, 0) is 16.6 Å². The Hall–Kier alpha value is -2.13. The summed E-state index contributed by atoms with van der Waals surface area (Å²) in [4.78, 5) is 15.3. The molecule has 2 aromatic carbocycles. The van der Waals surface area contributed by atoms with Crippen molar-refractivity contribution in [1.82, 2.24) is 0 Å². The van der Waals surface area contributed by atoms with E-state index in [-0.39, 0.29) is 11.8 Å². The summed E-state index contributed by atoms with van der Waals surface area (Å²) in [6.45, 7) is 1.35. The van der Waals surface area contributed by atoms with E-state index in [1.807, 2.05) is 35.2 Å². The van der Waals surface area contributed by atoms with Gasteiger partial charge in [-0.05, 0) is 42.5 Å². The van der Waals surface area contributed by atoms with E-state index in [1.165, 1.54) is 5.56 Å². The zero-order valence-corrected chi connectivity index (χ0v) is 12.5. The zero-order valence-electron chi connectivity index (χ0n) is 12.5. The van der Waals surface area contributed by atoms with Crippen LogP contribution in [0, 0.1) is 5.92 Å². The maximum atomic E-state index is 13.3. The van der Waals surface area contributed by atoms with E-state index in [4.69, 9.17) is 5.73 Å². The van der Waals surface area contributed by atoms with Crippen LogP contribution in [0.5, 0.6) is 0 Å². The Morgan fingerprint density at radius 2 is 1.86 bits per heavy atom. The van der Waals surface area contributed by atoms with Crippen molar-refractivity contribution in [3.63, 3.8) is 0 Å². The number of carbonyl (C=O) groups is 1. The summed E-state index contributed by atoms with van der Waals surface area (Å²) in [6, 6.07) is 18.4. The highest BCUT2D eigenvalue weighted by Crippen LogP contribution is 2.55. The normalized spacial score (nSPS) is 25.9. The van der Waals surface area contributed by atoms with E-state index >= 15 is 0 Å². The van der Waals surface area contributed by atoms with Gasteiger partial charge in [0, 0.05) is 12.2 Å². The molecule has 2 aliphatic rings. The molecule has 3 heteroatoms. The fraction of sp³-hybridized carbons (Fsp3) is 0.316. The van der Waals surface area contributed by atoms with Gasteiger partial charge in [0.05, 0.1) is 5.41 Å². The van der Waals surface area contributed by atoms with E-state index in [0.29, 0.717) is 6.54 Å². The Balaban J connectivity index is 1.73. The molecule has 1 amide bonds. The van der Waals surface area contributed by atoms with E-state index in [2.05, 4.69) is 24.3 Å². The van der Waals surface area contributed by atoms with Gasteiger partial charge in [0.25, 0.3) is 0 Å². The van der Waals surface area contributed by atoms with Gasteiger partial charge < -0.3 is 10.6 Å². The third kappa shape index (κ3) is 1.82. The first-order chi connectivity index (χ1) is 10.8. The van der Waals surface area contributed by atoms with Crippen molar-refractivity contribution < 1.29 is 4.79 Å². The van der Waals surface area contributed by atoms with Gasteiger partial charge in [0.1, 0.15) is 0 Å². The van der Waals surface area contributed by atoms with Gasteiger partial charge in [0.2, 0.25) is 5.91 Å². The largest absolute Gasteiger partial charge is 0.330 e. The first-order valence-electron chi connectivity index (χ1n) is 7.93. The van der Waals surface area contributed by atoms with Gasteiger partial charge in [-0.25, -0.2) is 0 Å². The predicted octanol–water partition coefficient (Wildman–Crippen LogP) is 2.49. The van der Waals surface area contributed by atoms with Crippen molar-refractivity contribution in [2.75, 3.05) is 18.0 Å². The summed E-state index contributed by atoms with van der Waals surface area (Å²) in [5, 5.41) is 0. The summed E-state index contributed by atoms with van der Waals surface area (Å²) >= 11 is 0. The average Bonchev–Trinajstić information content (AvgIpc) is 3.18. The highest BCUT2D eigenvalue weighted by molar-refractivity contribution is 6.05. The van der Waals surface area contributed by atoms with Crippen molar-refractivity contribution >= 4 is 11.6 Å². The first kappa shape index (κ1) is 13.5. The van der Waals surface area contributed by atoms with Crippen molar-refractivity contribution in [1.29, 1.82) is 0 Å². The number of anilines is 1. The number of nitrogens with two attached hydrogens (primary N) is 1. The smallest absolute Gasteiger partial charge is 0.238 e. The van der Waals surface area contributed by atoms with Gasteiger partial charge in [-0.3, -0.25) is 4.79 Å². The molecule has 1 saturated carbocycles. The van der Waals surface area contributed by atoms with E-state index in [9.17, 15) is 4.79 Å². The zero-order chi connectivity index (χ0) is 15.2. The molecule has 0 bridgehead atoms. The summed E-state index contributed by atoms with van der Waals surface area (Å²) in [7, 11) is 0. The lowest BCUT2D eigenvalue weighted by Gasteiger charge is -2.25. The van der Waals surface area contributed by atoms with Crippen molar-refractivity contribution in [2.45, 2.75) is 18.3 Å². The molecule has 1 aliphatic carbocycles. The molecule has 2 aromatic rings. The highest BCUT2D eigenvalue weighted by Gasteiger charge is 2.61. The van der Waals surface area contributed by atoms with Crippen LogP contribution in [-0.4, -0.2) is 19.0 Å². The standard InChI is InChI=1S/C19H20N2O/c20-13-16-12-19(16,15-7-2-1-3-8-15)18(22)21-11-10-14-6-4-5-9-17(14)21/h1-9,16H,10-13,20H2/t16-,19+/m0/s1. The molecule has 2 N–H and O–H groups in total. The molecule has 4 rings (SSSR count). The lowest BCUT2D eigenvalue weighted by molar-refractivity contribution is -0.121. The van der Waals surface area contributed by atoms with Gasteiger partial charge in [0.15, 0.2) is 0 Å². The van der Waals surface area contributed by atoms with Crippen molar-refractivity contribution in [3.05, 3.63) is 65.7 Å². The van der Waals surface area contributed by atoms with Crippen LogP contribution in [0.4, 0.5) is 5.69 Å². The van der Waals surface area contributed by atoms with E-state index in [1.54, 1.807) is 0 Å². The Morgan fingerprint density at radius 1 is 1.14 bits per heavy atom. The molecule has 22 heavy (non-hydrogen) atoms. The molecular weight excluding hydrogens is 272 g/mol. The van der Waals surface area contributed by atoms with Crippen molar-refractivity contribution in [3.8, 4) is 0 Å². The van der Waals surface area contributed by atoms with E-state index < -0.39 is 5.41 Å². The average molecular weight is 292 g/mol.